The van der Waals surface area contributed by atoms with E-state index in [0.717, 1.165) is 11.3 Å². The van der Waals surface area contributed by atoms with Crippen molar-refractivity contribution in [2.75, 3.05) is 19.5 Å². The van der Waals surface area contributed by atoms with E-state index in [2.05, 4.69) is 14.7 Å². The van der Waals surface area contributed by atoms with Gasteiger partial charge in [0, 0.05) is 36.0 Å². The highest BCUT2D eigenvalue weighted by atomic mass is 32.1. The molecular weight excluding hydrogens is 400 g/mol. The van der Waals surface area contributed by atoms with Crippen molar-refractivity contribution in [3.05, 3.63) is 65.5 Å². The summed E-state index contributed by atoms with van der Waals surface area (Å²) in [6.45, 7) is 1.87. The zero-order valence-electron chi connectivity index (χ0n) is 17.3. The maximum Gasteiger partial charge on any atom is 0.202 e. The highest BCUT2D eigenvalue weighted by Gasteiger charge is 2.20. The SMILES string of the molecule is COc1ccc(C(=O)CC(Nc2nc(Cc3cccc(OC)c3)ns2)C(C)N)cc1. The summed E-state index contributed by atoms with van der Waals surface area (Å²) in [6.07, 6.45) is 0.859. The van der Waals surface area contributed by atoms with Gasteiger partial charge in [0.05, 0.1) is 20.3 Å². The monoisotopic (exact) mass is 426 g/mol. The van der Waals surface area contributed by atoms with Crippen molar-refractivity contribution in [1.29, 1.82) is 0 Å². The van der Waals surface area contributed by atoms with E-state index in [4.69, 9.17) is 15.2 Å². The number of nitrogens with zero attached hydrogens (tertiary/aromatic N) is 2. The van der Waals surface area contributed by atoms with Crippen LogP contribution < -0.4 is 20.5 Å². The molecule has 30 heavy (non-hydrogen) atoms. The molecular formula is C22H26N4O3S. The second-order valence-electron chi connectivity index (χ2n) is 7.01. The molecule has 7 nitrogen and oxygen atoms in total. The quantitative estimate of drug-likeness (QED) is 0.478. The lowest BCUT2D eigenvalue weighted by atomic mass is 10.00. The molecule has 0 spiro atoms. The number of ether oxygens (including phenoxy) is 2. The van der Waals surface area contributed by atoms with Crippen LogP contribution in [0.3, 0.4) is 0 Å². The van der Waals surface area contributed by atoms with Crippen LogP contribution in [0.25, 0.3) is 0 Å². The van der Waals surface area contributed by atoms with Crippen molar-refractivity contribution in [2.45, 2.75) is 31.8 Å². The van der Waals surface area contributed by atoms with Crippen LogP contribution in [0.2, 0.25) is 0 Å². The number of hydrogen-bond acceptors (Lipinski definition) is 8. The van der Waals surface area contributed by atoms with Crippen LogP contribution in [0, 0.1) is 0 Å². The Morgan fingerprint density at radius 2 is 1.87 bits per heavy atom. The number of anilines is 1. The van der Waals surface area contributed by atoms with E-state index in [1.165, 1.54) is 11.5 Å². The third-order valence-electron chi connectivity index (χ3n) is 4.73. The molecule has 0 saturated carbocycles. The zero-order chi connectivity index (χ0) is 21.5. The molecule has 158 valence electrons. The lowest BCUT2D eigenvalue weighted by Gasteiger charge is -2.21. The highest BCUT2D eigenvalue weighted by molar-refractivity contribution is 7.09. The van der Waals surface area contributed by atoms with Gasteiger partial charge in [0.15, 0.2) is 5.78 Å². The Morgan fingerprint density at radius 1 is 1.13 bits per heavy atom. The average Bonchev–Trinajstić information content (AvgIpc) is 3.20. The van der Waals surface area contributed by atoms with Crippen LogP contribution in [-0.2, 0) is 6.42 Å². The van der Waals surface area contributed by atoms with Gasteiger partial charge in [0.2, 0.25) is 5.13 Å². The molecule has 2 atom stereocenters. The largest absolute Gasteiger partial charge is 0.497 e. The maximum absolute atomic E-state index is 12.7. The molecule has 2 aromatic carbocycles. The van der Waals surface area contributed by atoms with Gasteiger partial charge in [-0.2, -0.15) is 4.37 Å². The van der Waals surface area contributed by atoms with Crippen molar-refractivity contribution >= 4 is 22.4 Å². The Kier molecular flexibility index (Phi) is 7.37. The van der Waals surface area contributed by atoms with Crippen LogP contribution in [0.4, 0.5) is 5.13 Å². The van der Waals surface area contributed by atoms with Crippen LogP contribution in [0.5, 0.6) is 11.5 Å². The Bertz CT molecular complexity index is 973. The Balaban J connectivity index is 1.64. The number of methoxy groups -OCH3 is 2. The first-order chi connectivity index (χ1) is 14.5. The fraction of sp³-hybridized carbons (Fsp3) is 0.318. The smallest absolute Gasteiger partial charge is 0.202 e. The minimum absolute atomic E-state index is 0.00794. The minimum Gasteiger partial charge on any atom is -0.497 e. The summed E-state index contributed by atoms with van der Waals surface area (Å²) in [5.74, 6) is 2.23. The Hall–Kier alpha value is -2.97. The third-order valence-corrected chi connectivity index (χ3v) is 5.41. The van der Waals surface area contributed by atoms with Crippen LogP contribution in [0.15, 0.2) is 48.5 Å². The summed E-state index contributed by atoms with van der Waals surface area (Å²) < 4.78 is 14.8. The number of nitrogens with one attached hydrogen (secondary N) is 1. The Morgan fingerprint density at radius 3 is 2.53 bits per heavy atom. The molecule has 0 saturated heterocycles. The molecule has 0 radical (unpaired) electrons. The molecule has 2 unspecified atom stereocenters. The van der Waals surface area contributed by atoms with Crippen molar-refractivity contribution in [3.8, 4) is 11.5 Å². The molecule has 0 bridgehead atoms. The zero-order valence-corrected chi connectivity index (χ0v) is 18.1. The van der Waals surface area contributed by atoms with Gasteiger partial charge in [-0.15, -0.1) is 0 Å². The van der Waals surface area contributed by atoms with Crippen LogP contribution in [-0.4, -0.2) is 41.4 Å². The van der Waals surface area contributed by atoms with Gasteiger partial charge in [-0.05, 0) is 48.9 Å². The number of aromatic nitrogens is 2. The van der Waals surface area contributed by atoms with Gasteiger partial charge in [-0.25, -0.2) is 4.98 Å². The van der Waals surface area contributed by atoms with Gasteiger partial charge in [-0.3, -0.25) is 4.79 Å². The second-order valence-corrected chi connectivity index (χ2v) is 7.76. The summed E-state index contributed by atoms with van der Waals surface area (Å²) in [5.41, 5.74) is 7.82. The number of carbonyl (C=O) groups is 1. The fourth-order valence-corrected chi connectivity index (χ4v) is 3.62. The first-order valence-corrected chi connectivity index (χ1v) is 10.4. The molecule has 0 amide bonds. The number of rotatable bonds is 10. The molecule has 0 fully saturated rings. The van der Waals surface area contributed by atoms with E-state index in [1.807, 2.05) is 31.2 Å². The molecule has 1 aromatic heterocycles. The van der Waals surface area contributed by atoms with Gasteiger partial charge >= 0.3 is 0 Å². The Labute approximate surface area is 180 Å². The summed E-state index contributed by atoms with van der Waals surface area (Å²) in [4.78, 5) is 17.2. The van der Waals surface area contributed by atoms with E-state index in [9.17, 15) is 4.79 Å². The van der Waals surface area contributed by atoms with Gasteiger partial charge in [0.1, 0.15) is 17.3 Å². The number of hydrogen-bond donors (Lipinski definition) is 2. The molecule has 0 aliphatic heterocycles. The van der Waals surface area contributed by atoms with Crippen LogP contribution >= 0.6 is 11.5 Å². The second kappa shape index (κ2) is 10.2. The number of ketones is 1. The van der Waals surface area contributed by atoms with Gasteiger partial charge < -0.3 is 20.5 Å². The van der Waals surface area contributed by atoms with E-state index in [-0.39, 0.29) is 24.3 Å². The normalized spacial score (nSPS) is 12.8. The van der Waals surface area contributed by atoms with E-state index in [1.54, 1.807) is 38.5 Å². The van der Waals surface area contributed by atoms with Gasteiger partial charge in [-0.1, -0.05) is 12.1 Å². The number of benzene rings is 2. The number of nitrogens with two attached hydrogens (primary N) is 1. The first kappa shape index (κ1) is 21.7. The molecule has 3 aromatic rings. The lowest BCUT2D eigenvalue weighted by molar-refractivity contribution is 0.0974. The fourth-order valence-electron chi connectivity index (χ4n) is 2.97. The van der Waals surface area contributed by atoms with E-state index < -0.39 is 0 Å². The predicted octanol–water partition coefficient (Wildman–Crippen LogP) is 3.55. The van der Waals surface area contributed by atoms with Crippen molar-refractivity contribution in [1.82, 2.24) is 9.36 Å². The third kappa shape index (κ3) is 5.77. The van der Waals surface area contributed by atoms with Crippen molar-refractivity contribution in [2.24, 2.45) is 5.73 Å². The van der Waals surface area contributed by atoms with Crippen molar-refractivity contribution < 1.29 is 14.3 Å². The number of Topliss-reactive ketones (excluding diaryl/α,β-unsaturated/α-hetero) is 1. The standard InChI is InChI=1S/C22H26N4O3S/c1-14(23)19(13-20(27)16-7-9-17(28-2)10-8-16)24-22-25-21(26-30-22)12-15-5-4-6-18(11-15)29-3/h4-11,14,19H,12-13,23H2,1-3H3,(H,24,25,26). The number of carbonyl (C=O) groups excluding carboxylic acids is 1. The van der Waals surface area contributed by atoms with E-state index in [0.29, 0.717) is 28.7 Å². The molecule has 3 rings (SSSR count). The molecule has 3 N–H and O–H groups in total. The highest BCUT2D eigenvalue weighted by Crippen LogP contribution is 2.20. The minimum atomic E-state index is -0.253. The van der Waals surface area contributed by atoms with Crippen molar-refractivity contribution in [3.63, 3.8) is 0 Å². The average molecular weight is 427 g/mol. The molecule has 0 aliphatic rings. The maximum atomic E-state index is 12.7. The first-order valence-electron chi connectivity index (χ1n) is 9.63. The molecule has 1 heterocycles. The summed E-state index contributed by atoms with van der Waals surface area (Å²) >= 11 is 1.27. The summed E-state index contributed by atoms with van der Waals surface area (Å²) in [5, 5.41) is 3.93. The predicted molar refractivity (Wildman–Crippen MR) is 119 cm³/mol. The van der Waals surface area contributed by atoms with Gasteiger partial charge in [0.25, 0.3) is 0 Å². The summed E-state index contributed by atoms with van der Waals surface area (Å²) in [7, 11) is 3.24. The summed E-state index contributed by atoms with van der Waals surface area (Å²) in [6, 6.07) is 14.4. The lowest BCUT2D eigenvalue weighted by Crippen LogP contribution is -2.39. The molecule has 0 aliphatic carbocycles. The topological polar surface area (TPSA) is 99.4 Å². The van der Waals surface area contributed by atoms with Crippen LogP contribution in [0.1, 0.15) is 35.1 Å². The molecule has 8 heteroatoms. The van der Waals surface area contributed by atoms with E-state index >= 15 is 0 Å².